The second-order valence-corrected chi connectivity index (χ2v) is 7.94. The van der Waals surface area contributed by atoms with Gasteiger partial charge in [0.15, 0.2) is 0 Å². The zero-order valence-electron chi connectivity index (χ0n) is 13.9. The molecule has 5 nitrogen and oxygen atoms in total. The summed E-state index contributed by atoms with van der Waals surface area (Å²) in [6.07, 6.45) is 1.62. The Balaban J connectivity index is 0.00000127. The maximum Gasteiger partial charge on any atom is 0.0567 e. The van der Waals surface area contributed by atoms with Crippen LogP contribution in [-0.4, -0.2) is 53.1 Å². The molecule has 7 heteroatoms. The number of rotatable bonds is 7. The van der Waals surface area contributed by atoms with Crippen LogP contribution < -0.4 is 11.1 Å². The molecule has 1 heterocycles. The van der Waals surface area contributed by atoms with Gasteiger partial charge in [-0.05, 0) is 48.5 Å². The highest BCUT2D eigenvalue weighted by Crippen LogP contribution is 2.28. The predicted molar refractivity (Wildman–Crippen MR) is 101 cm³/mol. The van der Waals surface area contributed by atoms with Crippen molar-refractivity contribution in [3.05, 3.63) is 35.4 Å². The van der Waals surface area contributed by atoms with E-state index in [1.165, 1.54) is 11.1 Å². The average Bonchev–Trinajstić information content (AvgIpc) is 2.57. The molecule has 0 aliphatic carbocycles. The Morgan fingerprint density at radius 1 is 1.30 bits per heavy atom. The van der Waals surface area contributed by atoms with Gasteiger partial charge in [0.1, 0.15) is 0 Å². The zero-order valence-corrected chi connectivity index (χ0v) is 15.6. The summed E-state index contributed by atoms with van der Waals surface area (Å²) in [4.78, 5) is 0. The van der Waals surface area contributed by atoms with Gasteiger partial charge in [-0.1, -0.05) is 35.1 Å². The molecule has 132 valence electrons. The number of hydrogen-bond donors (Lipinski definition) is 4. The van der Waals surface area contributed by atoms with E-state index in [0.717, 1.165) is 38.8 Å². The van der Waals surface area contributed by atoms with Gasteiger partial charge in [-0.2, -0.15) is 0 Å². The van der Waals surface area contributed by atoms with Crippen molar-refractivity contribution in [3.63, 3.8) is 0 Å². The maximum atomic E-state index is 9.66. The second kappa shape index (κ2) is 12.1. The number of aliphatic hydroxyl groups is 2. The SMILES string of the molecule is CN(Cc1ccccc1CN)SSCC1CC(O)CCN1.CO. The predicted octanol–water partition coefficient (Wildman–Crippen LogP) is 1.59. The van der Waals surface area contributed by atoms with Crippen molar-refractivity contribution in [1.82, 2.24) is 9.62 Å². The molecular formula is C16H29N3O2S2. The van der Waals surface area contributed by atoms with E-state index in [4.69, 9.17) is 10.8 Å². The first-order valence-electron chi connectivity index (χ1n) is 7.82. The van der Waals surface area contributed by atoms with Crippen LogP contribution in [0.15, 0.2) is 24.3 Å². The van der Waals surface area contributed by atoms with E-state index in [1.54, 1.807) is 11.0 Å². The molecule has 2 rings (SSSR count). The lowest BCUT2D eigenvalue weighted by molar-refractivity contribution is 0.121. The molecule has 0 spiro atoms. The number of nitrogens with one attached hydrogen (secondary N) is 1. The monoisotopic (exact) mass is 359 g/mol. The molecule has 1 aromatic carbocycles. The van der Waals surface area contributed by atoms with Crippen LogP contribution in [0.3, 0.4) is 0 Å². The van der Waals surface area contributed by atoms with Crippen LogP contribution in [0.1, 0.15) is 24.0 Å². The summed E-state index contributed by atoms with van der Waals surface area (Å²) in [5.41, 5.74) is 8.28. The first kappa shape index (κ1) is 20.8. The van der Waals surface area contributed by atoms with E-state index in [1.807, 2.05) is 16.9 Å². The number of aliphatic hydroxyl groups excluding tert-OH is 2. The fourth-order valence-electron chi connectivity index (χ4n) is 2.49. The van der Waals surface area contributed by atoms with Crippen LogP contribution in [0.2, 0.25) is 0 Å². The molecule has 1 aliphatic heterocycles. The van der Waals surface area contributed by atoms with Crippen LogP contribution in [0.5, 0.6) is 0 Å². The molecule has 0 radical (unpaired) electrons. The minimum atomic E-state index is -0.129. The number of nitrogens with two attached hydrogens (primary N) is 1. The summed E-state index contributed by atoms with van der Waals surface area (Å²) in [6, 6.07) is 8.76. The van der Waals surface area contributed by atoms with E-state index >= 15 is 0 Å². The Hall–Kier alpha value is -0.280. The third kappa shape index (κ3) is 7.89. The standard InChI is InChI=1S/C15H25N3OS2.CH4O/c1-18(10-13-5-3-2-4-12(13)9-16)21-20-11-14-8-15(19)6-7-17-14;1-2/h2-5,14-15,17,19H,6-11,16H2,1H3;2H,1H3. The van der Waals surface area contributed by atoms with Gasteiger partial charge >= 0.3 is 0 Å². The topological polar surface area (TPSA) is 81.8 Å². The molecule has 1 aromatic rings. The molecule has 2 atom stereocenters. The second-order valence-electron chi connectivity index (χ2n) is 5.45. The summed E-state index contributed by atoms with van der Waals surface area (Å²) in [5.74, 6) is 1.02. The molecule has 0 aromatic heterocycles. The first-order chi connectivity index (χ1) is 11.2. The molecular weight excluding hydrogens is 330 g/mol. The van der Waals surface area contributed by atoms with Crippen molar-refractivity contribution in [3.8, 4) is 0 Å². The molecule has 1 saturated heterocycles. The minimum Gasteiger partial charge on any atom is -0.400 e. The van der Waals surface area contributed by atoms with E-state index in [0.29, 0.717) is 12.6 Å². The zero-order chi connectivity index (χ0) is 17.1. The fraction of sp³-hybridized carbons (Fsp3) is 0.625. The van der Waals surface area contributed by atoms with Crippen LogP contribution in [-0.2, 0) is 13.1 Å². The number of benzene rings is 1. The van der Waals surface area contributed by atoms with Gasteiger partial charge in [-0.3, -0.25) is 0 Å². The fourth-order valence-corrected chi connectivity index (χ4v) is 4.71. The molecule has 2 unspecified atom stereocenters. The third-order valence-corrected chi connectivity index (χ3v) is 6.16. The Morgan fingerprint density at radius 2 is 2.00 bits per heavy atom. The first-order valence-corrected chi connectivity index (χ1v) is 10.1. The van der Waals surface area contributed by atoms with Gasteiger partial charge in [-0.15, -0.1) is 0 Å². The molecule has 0 amide bonds. The summed E-state index contributed by atoms with van der Waals surface area (Å²) < 4.78 is 2.23. The highest BCUT2D eigenvalue weighted by molar-refractivity contribution is 8.75. The Kier molecular flexibility index (Phi) is 11.0. The van der Waals surface area contributed by atoms with Gasteiger partial charge in [0.25, 0.3) is 0 Å². The van der Waals surface area contributed by atoms with Crippen LogP contribution in [0.25, 0.3) is 0 Å². The molecule has 0 bridgehead atoms. The lowest BCUT2D eigenvalue weighted by Gasteiger charge is -2.27. The van der Waals surface area contributed by atoms with Crippen molar-refractivity contribution in [2.75, 3.05) is 26.5 Å². The minimum absolute atomic E-state index is 0.129. The lowest BCUT2D eigenvalue weighted by atomic mass is 10.0. The maximum absolute atomic E-state index is 9.66. The summed E-state index contributed by atoms with van der Waals surface area (Å²) in [6.45, 7) is 2.41. The largest absolute Gasteiger partial charge is 0.400 e. The number of hydrogen-bond acceptors (Lipinski definition) is 7. The van der Waals surface area contributed by atoms with Gasteiger partial charge in [0.2, 0.25) is 0 Å². The summed E-state index contributed by atoms with van der Waals surface area (Å²) >= 11 is 0. The van der Waals surface area contributed by atoms with E-state index in [-0.39, 0.29) is 6.10 Å². The quantitative estimate of drug-likeness (QED) is 0.435. The Morgan fingerprint density at radius 3 is 2.65 bits per heavy atom. The van der Waals surface area contributed by atoms with Crippen molar-refractivity contribution in [2.45, 2.75) is 38.1 Å². The third-order valence-electron chi connectivity index (χ3n) is 3.65. The summed E-state index contributed by atoms with van der Waals surface area (Å²) in [5, 5.41) is 20.1. The molecule has 0 saturated carbocycles. The van der Waals surface area contributed by atoms with Gasteiger partial charge in [-0.25, -0.2) is 4.31 Å². The van der Waals surface area contributed by atoms with Gasteiger partial charge in [0, 0.05) is 32.0 Å². The number of nitrogens with zero attached hydrogens (tertiary/aromatic N) is 1. The van der Waals surface area contributed by atoms with Crippen molar-refractivity contribution in [1.29, 1.82) is 0 Å². The molecule has 1 aliphatic rings. The normalized spacial score (nSPS) is 21.0. The molecule has 23 heavy (non-hydrogen) atoms. The highest BCUT2D eigenvalue weighted by Gasteiger charge is 2.19. The van der Waals surface area contributed by atoms with E-state index < -0.39 is 0 Å². The number of piperidine rings is 1. The van der Waals surface area contributed by atoms with Gasteiger partial charge < -0.3 is 21.3 Å². The Labute approximate surface area is 147 Å². The van der Waals surface area contributed by atoms with Crippen molar-refractivity contribution >= 4 is 21.8 Å². The molecule has 1 fully saturated rings. The van der Waals surface area contributed by atoms with Crippen LogP contribution >= 0.6 is 21.8 Å². The lowest BCUT2D eigenvalue weighted by Crippen LogP contribution is -2.41. The average molecular weight is 360 g/mol. The van der Waals surface area contributed by atoms with Crippen molar-refractivity contribution in [2.24, 2.45) is 5.73 Å². The van der Waals surface area contributed by atoms with E-state index in [2.05, 4.69) is 34.9 Å². The highest BCUT2D eigenvalue weighted by atomic mass is 33.1. The van der Waals surface area contributed by atoms with E-state index in [9.17, 15) is 5.11 Å². The Bertz CT molecular complexity index is 438. The van der Waals surface area contributed by atoms with Crippen LogP contribution in [0, 0.1) is 0 Å². The summed E-state index contributed by atoms with van der Waals surface area (Å²) in [7, 11) is 6.72. The van der Waals surface area contributed by atoms with Gasteiger partial charge in [0.05, 0.1) is 6.10 Å². The van der Waals surface area contributed by atoms with Crippen LogP contribution in [0.4, 0.5) is 0 Å². The smallest absolute Gasteiger partial charge is 0.0567 e. The van der Waals surface area contributed by atoms with Crippen molar-refractivity contribution < 1.29 is 10.2 Å². The molecule has 5 N–H and O–H groups in total.